The van der Waals surface area contributed by atoms with Gasteiger partial charge in [-0.3, -0.25) is 0 Å². The molecule has 0 aliphatic carbocycles. The molecule has 0 aromatic heterocycles. The molecule has 0 unspecified atom stereocenters. The van der Waals surface area contributed by atoms with Gasteiger partial charge in [-0.1, -0.05) is 45.0 Å². The van der Waals surface area contributed by atoms with Gasteiger partial charge in [-0.25, -0.2) is 0 Å². The van der Waals surface area contributed by atoms with Crippen molar-refractivity contribution in [2.45, 2.75) is 46.5 Å². The van der Waals surface area contributed by atoms with E-state index < -0.39 is 0 Å². The fraction of sp³-hybridized carbons (Fsp3) is 0.455. The largest absolute Gasteiger partial charge is 0.496 e. The Hall–Kier alpha value is -1.96. The topological polar surface area (TPSA) is 18.5 Å². The second-order valence-corrected chi connectivity index (χ2v) is 7.30. The van der Waals surface area contributed by atoms with Crippen LogP contribution in [0.3, 0.4) is 0 Å². The lowest BCUT2D eigenvalue weighted by Crippen LogP contribution is -2.26. The maximum absolute atomic E-state index is 5.43. The highest BCUT2D eigenvalue weighted by Gasteiger charge is 2.30. The molecule has 0 aliphatic rings. The molecule has 0 atom stereocenters. The molecule has 0 saturated carbocycles. The average Bonchev–Trinajstić information content (AvgIpc) is 2.53. The highest BCUT2D eigenvalue weighted by Crippen LogP contribution is 2.40. The van der Waals surface area contributed by atoms with Crippen LogP contribution in [0.5, 0.6) is 11.5 Å². The van der Waals surface area contributed by atoms with Crippen molar-refractivity contribution in [3.63, 3.8) is 0 Å². The van der Waals surface area contributed by atoms with Gasteiger partial charge in [-0.15, -0.1) is 0 Å². The van der Waals surface area contributed by atoms with E-state index in [9.17, 15) is 0 Å². The lowest BCUT2D eigenvalue weighted by Gasteiger charge is -2.34. The molecule has 0 amide bonds. The van der Waals surface area contributed by atoms with E-state index in [-0.39, 0.29) is 5.41 Å². The Bertz CT molecular complexity index is 648. The summed E-state index contributed by atoms with van der Waals surface area (Å²) in [5.41, 5.74) is 4.98. The summed E-state index contributed by atoms with van der Waals surface area (Å²) in [5, 5.41) is 0. The molecule has 0 spiro atoms. The molecule has 130 valence electrons. The van der Waals surface area contributed by atoms with Crippen molar-refractivity contribution in [1.82, 2.24) is 0 Å². The van der Waals surface area contributed by atoms with Gasteiger partial charge in [0.1, 0.15) is 11.5 Å². The minimum atomic E-state index is -0.0395. The van der Waals surface area contributed by atoms with E-state index in [0.29, 0.717) is 5.92 Å². The third kappa shape index (κ3) is 3.58. The second kappa shape index (κ2) is 7.29. The van der Waals surface area contributed by atoms with Gasteiger partial charge in [0.15, 0.2) is 0 Å². The van der Waals surface area contributed by atoms with Crippen LogP contribution in [-0.2, 0) is 5.41 Å². The Morgan fingerprint density at radius 1 is 0.833 bits per heavy atom. The Morgan fingerprint density at radius 2 is 1.25 bits per heavy atom. The van der Waals surface area contributed by atoms with Gasteiger partial charge in [-0.05, 0) is 60.6 Å². The van der Waals surface area contributed by atoms with Crippen LogP contribution in [0.2, 0.25) is 0 Å². The number of rotatable bonds is 6. The maximum atomic E-state index is 5.43. The highest BCUT2D eigenvalue weighted by atomic mass is 16.5. The molecular formula is C22H30O2. The quantitative estimate of drug-likeness (QED) is 0.680. The van der Waals surface area contributed by atoms with Crippen molar-refractivity contribution >= 4 is 0 Å². The van der Waals surface area contributed by atoms with E-state index in [4.69, 9.17) is 9.47 Å². The standard InChI is InChI=1S/C22H30O2/c1-15(2)14-22(5,18-8-10-20(23-6)16(3)12-18)19-9-11-21(24-7)17(4)13-19/h8-13,15H,14H2,1-7H3. The van der Waals surface area contributed by atoms with E-state index in [1.165, 1.54) is 22.3 Å². The smallest absolute Gasteiger partial charge is 0.121 e. The first-order chi connectivity index (χ1) is 11.3. The zero-order valence-electron chi connectivity index (χ0n) is 16.1. The van der Waals surface area contributed by atoms with Crippen molar-refractivity contribution in [2.75, 3.05) is 14.2 Å². The molecule has 2 aromatic rings. The monoisotopic (exact) mass is 326 g/mol. The predicted molar refractivity (Wildman–Crippen MR) is 101 cm³/mol. The van der Waals surface area contributed by atoms with Gasteiger partial charge in [0.2, 0.25) is 0 Å². The SMILES string of the molecule is COc1ccc(C(C)(CC(C)C)c2ccc(OC)c(C)c2)cc1C. The summed E-state index contributed by atoms with van der Waals surface area (Å²) in [5.74, 6) is 2.48. The Labute approximate surface area is 146 Å². The molecule has 0 radical (unpaired) electrons. The first-order valence-electron chi connectivity index (χ1n) is 8.62. The van der Waals surface area contributed by atoms with Gasteiger partial charge in [-0.2, -0.15) is 0 Å². The molecule has 0 heterocycles. The number of aryl methyl sites for hydroxylation is 2. The summed E-state index contributed by atoms with van der Waals surface area (Å²) in [4.78, 5) is 0. The predicted octanol–water partition coefficient (Wildman–Crippen LogP) is 5.67. The molecular weight excluding hydrogens is 296 g/mol. The number of hydrogen-bond donors (Lipinski definition) is 0. The van der Waals surface area contributed by atoms with Crippen LogP contribution in [-0.4, -0.2) is 14.2 Å². The summed E-state index contributed by atoms with van der Waals surface area (Å²) in [6.07, 6.45) is 1.09. The first kappa shape index (κ1) is 18.4. The molecule has 0 saturated heterocycles. The average molecular weight is 326 g/mol. The summed E-state index contributed by atoms with van der Waals surface area (Å²) in [6, 6.07) is 13.1. The Kier molecular flexibility index (Phi) is 5.58. The van der Waals surface area contributed by atoms with E-state index in [1.54, 1.807) is 14.2 Å². The van der Waals surface area contributed by atoms with Gasteiger partial charge in [0.05, 0.1) is 14.2 Å². The first-order valence-corrected chi connectivity index (χ1v) is 8.62. The van der Waals surface area contributed by atoms with Crippen LogP contribution in [0.1, 0.15) is 49.4 Å². The van der Waals surface area contributed by atoms with Crippen LogP contribution < -0.4 is 9.47 Å². The second-order valence-electron chi connectivity index (χ2n) is 7.30. The van der Waals surface area contributed by atoms with Crippen molar-refractivity contribution in [3.8, 4) is 11.5 Å². The van der Waals surface area contributed by atoms with Crippen LogP contribution in [0.4, 0.5) is 0 Å². The summed E-state index contributed by atoms with van der Waals surface area (Å²) in [7, 11) is 3.45. The molecule has 0 aliphatic heterocycles. The van der Waals surface area contributed by atoms with Gasteiger partial charge in [0, 0.05) is 5.41 Å². The maximum Gasteiger partial charge on any atom is 0.121 e. The lowest BCUT2D eigenvalue weighted by molar-refractivity contribution is 0.405. The van der Waals surface area contributed by atoms with E-state index >= 15 is 0 Å². The zero-order chi connectivity index (χ0) is 17.9. The van der Waals surface area contributed by atoms with Crippen molar-refractivity contribution in [1.29, 1.82) is 0 Å². The summed E-state index contributed by atoms with van der Waals surface area (Å²) < 4.78 is 10.9. The molecule has 2 heteroatoms. The molecule has 2 rings (SSSR count). The van der Waals surface area contributed by atoms with E-state index in [0.717, 1.165) is 17.9 Å². The summed E-state index contributed by atoms with van der Waals surface area (Å²) >= 11 is 0. The fourth-order valence-electron chi connectivity index (χ4n) is 3.66. The van der Waals surface area contributed by atoms with Crippen LogP contribution >= 0.6 is 0 Å². The van der Waals surface area contributed by atoms with Crippen molar-refractivity contribution in [3.05, 3.63) is 58.7 Å². The molecule has 0 bridgehead atoms. The van der Waals surface area contributed by atoms with Crippen LogP contribution in [0, 0.1) is 19.8 Å². The minimum absolute atomic E-state index is 0.0395. The van der Waals surface area contributed by atoms with E-state index in [2.05, 4.69) is 71.0 Å². The highest BCUT2D eigenvalue weighted by molar-refractivity contribution is 5.47. The van der Waals surface area contributed by atoms with Crippen molar-refractivity contribution < 1.29 is 9.47 Å². The Morgan fingerprint density at radius 3 is 1.54 bits per heavy atom. The minimum Gasteiger partial charge on any atom is -0.496 e. The molecule has 24 heavy (non-hydrogen) atoms. The molecule has 0 fully saturated rings. The fourth-order valence-corrected chi connectivity index (χ4v) is 3.66. The normalized spacial score (nSPS) is 11.7. The molecule has 0 N–H and O–H groups in total. The Balaban J connectivity index is 2.57. The van der Waals surface area contributed by atoms with Gasteiger partial charge >= 0.3 is 0 Å². The summed E-state index contributed by atoms with van der Waals surface area (Å²) in [6.45, 7) is 11.1. The van der Waals surface area contributed by atoms with Crippen LogP contribution in [0.15, 0.2) is 36.4 Å². The van der Waals surface area contributed by atoms with Gasteiger partial charge in [0.25, 0.3) is 0 Å². The third-order valence-corrected chi connectivity index (χ3v) is 4.88. The molecule has 2 aromatic carbocycles. The number of methoxy groups -OCH3 is 2. The van der Waals surface area contributed by atoms with Crippen molar-refractivity contribution in [2.24, 2.45) is 5.92 Å². The third-order valence-electron chi connectivity index (χ3n) is 4.88. The number of hydrogen-bond acceptors (Lipinski definition) is 2. The van der Waals surface area contributed by atoms with Crippen LogP contribution in [0.25, 0.3) is 0 Å². The molecule has 2 nitrogen and oxygen atoms in total. The van der Waals surface area contributed by atoms with Gasteiger partial charge < -0.3 is 9.47 Å². The zero-order valence-corrected chi connectivity index (χ0v) is 16.1. The number of ether oxygens (including phenoxy) is 2. The number of benzene rings is 2. The lowest BCUT2D eigenvalue weighted by atomic mass is 9.70. The van der Waals surface area contributed by atoms with E-state index in [1.807, 2.05) is 0 Å².